The van der Waals surface area contributed by atoms with Gasteiger partial charge in [-0.3, -0.25) is 19.2 Å². The highest BCUT2D eigenvalue weighted by molar-refractivity contribution is 7.13. The summed E-state index contributed by atoms with van der Waals surface area (Å²) in [4.78, 5) is 59.8. The van der Waals surface area contributed by atoms with Crippen LogP contribution in [0.3, 0.4) is 0 Å². The van der Waals surface area contributed by atoms with Gasteiger partial charge in [-0.25, -0.2) is 4.98 Å². The number of aromatic nitrogens is 1. The number of likely N-dealkylation sites (tertiary alicyclic amines) is 1. The highest BCUT2D eigenvalue weighted by Gasteiger charge is 2.44. The lowest BCUT2D eigenvalue weighted by molar-refractivity contribution is -0.144. The lowest BCUT2D eigenvalue weighted by atomic mass is 9.85. The van der Waals surface area contributed by atoms with Crippen molar-refractivity contribution in [1.29, 1.82) is 5.26 Å². The number of thiazole rings is 1. The van der Waals surface area contributed by atoms with E-state index in [4.69, 9.17) is 14.2 Å². The molecular weight excluding hydrogens is 911 g/mol. The number of benzene rings is 3. The largest absolute Gasteiger partial charge is 0.493 e. The number of aliphatic hydroxyl groups is 1. The van der Waals surface area contributed by atoms with Crippen molar-refractivity contribution in [3.05, 3.63) is 105 Å². The predicted octanol–water partition coefficient (Wildman–Crippen LogP) is 6.59. The number of methoxy groups -OCH3 is 1. The Bertz CT molecular complexity index is 2500. The number of amides is 4. The van der Waals surface area contributed by atoms with Crippen LogP contribution in [0.5, 0.6) is 11.5 Å². The third kappa shape index (κ3) is 13.8. The summed E-state index contributed by atoms with van der Waals surface area (Å²) in [5.74, 6) is -2.61. The minimum absolute atomic E-state index is 0.00507. The van der Waals surface area contributed by atoms with Crippen molar-refractivity contribution in [2.75, 3.05) is 33.4 Å². The molecule has 358 valence electrons. The number of nitrogens with one attached hydrogen (secondary N) is 3. The molecule has 21 heteroatoms. The van der Waals surface area contributed by atoms with E-state index in [9.17, 15) is 55.9 Å². The monoisotopic (exact) mass is 958 g/mol. The van der Waals surface area contributed by atoms with Crippen LogP contribution in [0.15, 0.2) is 71.7 Å². The first kappa shape index (κ1) is 51.5. The zero-order valence-electron chi connectivity index (χ0n) is 36.9. The van der Waals surface area contributed by atoms with E-state index >= 15 is 0 Å². The van der Waals surface area contributed by atoms with Gasteiger partial charge in [0.15, 0.2) is 11.5 Å². The number of alkyl halides is 6. The van der Waals surface area contributed by atoms with Crippen molar-refractivity contribution in [3.63, 3.8) is 0 Å². The fourth-order valence-corrected chi connectivity index (χ4v) is 7.80. The summed E-state index contributed by atoms with van der Waals surface area (Å²) in [6, 6.07) is 12.5. The fourth-order valence-electron chi connectivity index (χ4n) is 6.99. The van der Waals surface area contributed by atoms with Gasteiger partial charge in [0.1, 0.15) is 36.9 Å². The van der Waals surface area contributed by atoms with Gasteiger partial charge in [0.05, 0.1) is 47.0 Å². The van der Waals surface area contributed by atoms with Crippen LogP contribution in [0.1, 0.15) is 60.7 Å². The number of carbonyl (C=O) groups excluding carboxylic acids is 4. The molecule has 1 aromatic heterocycles. The summed E-state index contributed by atoms with van der Waals surface area (Å²) >= 11 is 1.53. The first-order chi connectivity index (χ1) is 31.5. The van der Waals surface area contributed by atoms with Crippen LogP contribution < -0.4 is 25.4 Å². The van der Waals surface area contributed by atoms with Gasteiger partial charge in [-0.2, -0.15) is 31.6 Å². The quantitative estimate of drug-likeness (QED) is 0.0389. The standard InChI is InChI=1S/C46H48F6N6O8S/c1-26-39(67-25-56-26)29-9-6-27(7-10-29)21-55-42(62)35-19-33(59)22-58(35)43(63)40(44(2,3)4)57-38(60)24-65-15-14-54-41(61)31(20-53)16-28-8-13-36(37(17-28)64-5)66-23-30-11-12-32(45(47,48)49)18-34(30)46(50,51)52/h6-13,16-18,25,33,35,40,59H,14-15,19,21-24H2,1-5H3,(H,54,61)(H,55,62)(H,57,60). The zero-order chi connectivity index (χ0) is 49.3. The van der Waals surface area contributed by atoms with Crippen LogP contribution >= 0.6 is 11.3 Å². The SMILES string of the molecule is COc1cc(C=C(C#N)C(=O)NCCOCC(=O)NC(C(=O)N2CC(O)CC2C(=O)NCc2ccc(-c3scnc3C)cc2)C(C)(C)C)ccc1OCc1ccc(C(F)(F)F)cc1C(F)(F)F. The molecule has 3 atom stereocenters. The molecule has 0 saturated carbocycles. The van der Waals surface area contributed by atoms with Crippen LogP contribution in [-0.2, 0) is 49.4 Å². The van der Waals surface area contributed by atoms with Gasteiger partial charge in [0, 0.05) is 31.6 Å². The van der Waals surface area contributed by atoms with Gasteiger partial charge in [0.2, 0.25) is 17.7 Å². The van der Waals surface area contributed by atoms with E-state index in [0.717, 1.165) is 21.7 Å². The highest BCUT2D eigenvalue weighted by atomic mass is 32.1. The molecule has 0 bridgehead atoms. The Hall–Kier alpha value is -6.50. The third-order valence-electron chi connectivity index (χ3n) is 10.5. The minimum atomic E-state index is -5.10. The minimum Gasteiger partial charge on any atom is -0.493 e. The summed E-state index contributed by atoms with van der Waals surface area (Å²) in [6.07, 6.45) is -9.86. The van der Waals surface area contributed by atoms with Crippen molar-refractivity contribution in [2.45, 2.75) is 77.8 Å². The average molecular weight is 959 g/mol. The van der Waals surface area contributed by atoms with E-state index < -0.39 is 89.5 Å². The lowest BCUT2D eigenvalue weighted by Crippen LogP contribution is -2.58. The van der Waals surface area contributed by atoms with Crippen LogP contribution in [0.2, 0.25) is 0 Å². The Morgan fingerprint density at radius 3 is 2.31 bits per heavy atom. The van der Waals surface area contributed by atoms with Crippen LogP contribution in [0, 0.1) is 23.7 Å². The first-order valence-corrected chi connectivity index (χ1v) is 21.5. The second-order valence-corrected chi connectivity index (χ2v) is 17.3. The Morgan fingerprint density at radius 1 is 0.985 bits per heavy atom. The normalized spacial score (nSPS) is 15.9. The molecule has 14 nitrogen and oxygen atoms in total. The van der Waals surface area contributed by atoms with Crippen LogP contribution in [0.4, 0.5) is 26.3 Å². The van der Waals surface area contributed by atoms with Gasteiger partial charge in [-0.05, 0) is 59.4 Å². The number of rotatable bonds is 17. The summed E-state index contributed by atoms with van der Waals surface area (Å²) < 4.78 is 96.2. The summed E-state index contributed by atoms with van der Waals surface area (Å²) in [7, 11) is 1.22. The molecule has 1 aliphatic heterocycles. The number of hydrogen-bond donors (Lipinski definition) is 4. The maximum Gasteiger partial charge on any atom is 0.416 e. The maximum atomic E-state index is 13.9. The molecule has 1 aliphatic rings. The third-order valence-corrected chi connectivity index (χ3v) is 11.4. The van der Waals surface area contributed by atoms with Gasteiger partial charge in [0.25, 0.3) is 5.91 Å². The molecule has 67 heavy (non-hydrogen) atoms. The molecule has 1 fully saturated rings. The van der Waals surface area contributed by atoms with Crippen molar-refractivity contribution in [2.24, 2.45) is 5.41 Å². The number of halogens is 6. The van der Waals surface area contributed by atoms with Gasteiger partial charge >= 0.3 is 12.4 Å². The van der Waals surface area contributed by atoms with Gasteiger partial charge in [-0.15, -0.1) is 11.3 Å². The summed E-state index contributed by atoms with van der Waals surface area (Å²) in [5, 5.41) is 28.2. The van der Waals surface area contributed by atoms with Crippen molar-refractivity contribution >= 4 is 41.0 Å². The number of ether oxygens (including phenoxy) is 3. The Morgan fingerprint density at radius 2 is 1.70 bits per heavy atom. The molecule has 1 saturated heterocycles. The van der Waals surface area contributed by atoms with Crippen molar-refractivity contribution in [1.82, 2.24) is 25.8 Å². The average Bonchev–Trinajstić information content (AvgIpc) is 3.89. The number of aryl methyl sites for hydroxylation is 1. The number of hydrogen-bond acceptors (Lipinski definition) is 11. The second-order valence-electron chi connectivity index (χ2n) is 16.5. The number of β-amino-alcohol motifs (C(OH)–C–C–N with tert-alkyl or cyclic N) is 1. The Labute approximate surface area is 385 Å². The molecule has 0 radical (unpaired) electrons. The highest BCUT2D eigenvalue weighted by Crippen LogP contribution is 2.39. The van der Waals surface area contributed by atoms with Gasteiger partial charge in [-0.1, -0.05) is 57.2 Å². The number of nitrogens with zero attached hydrogens (tertiary/aromatic N) is 3. The summed E-state index contributed by atoms with van der Waals surface area (Å²) in [5.41, 5.74) is 0.0170. The van der Waals surface area contributed by atoms with Crippen molar-refractivity contribution < 1.29 is 64.8 Å². The zero-order valence-corrected chi connectivity index (χ0v) is 37.7. The van der Waals surface area contributed by atoms with E-state index in [1.807, 2.05) is 31.2 Å². The van der Waals surface area contributed by atoms with Crippen LogP contribution in [-0.4, -0.2) is 90.2 Å². The van der Waals surface area contributed by atoms with E-state index in [1.54, 1.807) is 32.4 Å². The topological polar surface area (TPSA) is 192 Å². The maximum absolute atomic E-state index is 13.9. The lowest BCUT2D eigenvalue weighted by Gasteiger charge is -2.35. The van der Waals surface area contributed by atoms with Gasteiger partial charge < -0.3 is 40.2 Å². The number of aliphatic hydroxyl groups excluding tert-OH is 1. The smallest absolute Gasteiger partial charge is 0.416 e. The Kier molecular flexibility index (Phi) is 16.8. The predicted molar refractivity (Wildman–Crippen MR) is 233 cm³/mol. The molecule has 3 unspecified atom stereocenters. The molecule has 4 N–H and O–H groups in total. The summed E-state index contributed by atoms with van der Waals surface area (Å²) in [6.45, 7) is 5.56. The molecule has 4 aromatic rings. The van der Waals surface area contributed by atoms with Crippen LogP contribution in [0.25, 0.3) is 16.5 Å². The van der Waals surface area contributed by atoms with E-state index in [2.05, 4.69) is 20.9 Å². The van der Waals surface area contributed by atoms with E-state index in [1.165, 1.54) is 47.6 Å². The van der Waals surface area contributed by atoms with Crippen molar-refractivity contribution in [3.8, 4) is 28.0 Å². The Balaban J connectivity index is 1.10. The molecule has 3 aromatic carbocycles. The molecule has 5 rings (SSSR count). The number of nitriles is 1. The number of carbonyl (C=O) groups is 4. The molecule has 0 spiro atoms. The molecular formula is C46H48F6N6O8S. The van der Waals surface area contributed by atoms with E-state index in [-0.39, 0.29) is 61.4 Å². The fraction of sp³-hybridized carbons (Fsp3) is 0.391. The second kappa shape index (κ2) is 21.9. The molecule has 2 heterocycles. The molecule has 4 amide bonds. The van der Waals surface area contributed by atoms with E-state index in [0.29, 0.717) is 12.1 Å². The first-order valence-electron chi connectivity index (χ1n) is 20.6. The molecule has 0 aliphatic carbocycles.